The first kappa shape index (κ1) is 20.3. The number of carbonyl (C=O) groups is 1. The van der Waals surface area contributed by atoms with Gasteiger partial charge in [-0.25, -0.2) is 17.8 Å². The van der Waals surface area contributed by atoms with E-state index in [9.17, 15) is 13.2 Å². The lowest BCUT2D eigenvalue weighted by atomic mass is 10.2. The number of amides is 1. The minimum absolute atomic E-state index is 0.0165. The lowest BCUT2D eigenvalue weighted by molar-refractivity contribution is 0.0950. The van der Waals surface area contributed by atoms with E-state index in [1.165, 1.54) is 12.1 Å². The van der Waals surface area contributed by atoms with Crippen molar-refractivity contribution in [3.63, 3.8) is 0 Å². The Morgan fingerprint density at radius 3 is 2.53 bits per heavy atom. The Balaban J connectivity index is 1.39. The number of rotatable bonds is 7. The van der Waals surface area contributed by atoms with E-state index in [0.29, 0.717) is 12.1 Å². The molecule has 0 saturated heterocycles. The molecule has 3 aromatic rings. The Morgan fingerprint density at radius 1 is 1.07 bits per heavy atom. The Labute approximate surface area is 176 Å². The van der Waals surface area contributed by atoms with Gasteiger partial charge in [-0.2, -0.15) is 5.10 Å². The van der Waals surface area contributed by atoms with Crippen LogP contribution in [0, 0.1) is 0 Å². The molecule has 0 aliphatic heterocycles. The van der Waals surface area contributed by atoms with Crippen molar-refractivity contribution in [3.8, 4) is 5.69 Å². The standard InChI is InChI=1S/C22H24N4O3S/c27-22(23-16-17-9-11-20(12-10-17)26-14-4-13-24-26)18-5-3-8-21(15-18)30(28,29)25-19-6-1-2-7-19/h3-5,8-15,19,25H,1-2,6-7,16H2,(H,23,27). The molecule has 1 aliphatic rings. The first-order valence-electron chi connectivity index (χ1n) is 10.0. The number of hydrogen-bond acceptors (Lipinski definition) is 4. The predicted octanol–water partition coefficient (Wildman–Crippen LogP) is 3.02. The molecule has 8 heteroatoms. The van der Waals surface area contributed by atoms with Crippen molar-refractivity contribution in [1.82, 2.24) is 19.8 Å². The summed E-state index contributed by atoms with van der Waals surface area (Å²) in [5.41, 5.74) is 2.19. The van der Waals surface area contributed by atoms with Gasteiger partial charge in [0.1, 0.15) is 0 Å². The molecule has 0 radical (unpaired) electrons. The summed E-state index contributed by atoms with van der Waals surface area (Å²) in [6, 6.07) is 15.7. The van der Waals surface area contributed by atoms with E-state index in [1.807, 2.05) is 36.5 Å². The van der Waals surface area contributed by atoms with Crippen LogP contribution in [0.3, 0.4) is 0 Å². The summed E-state index contributed by atoms with van der Waals surface area (Å²) >= 11 is 0. The average Bonchev–Trinajstić information content (AvgIpc) is 3.47. The Morgan fingerprint density at radius 2 is 1.83 bits per heavy atom. The number of sulfonamides is 1. The molecular weight excluding hydrogens is 400 g/mol. The number of nitrogens with zero attached hydrogens (tertiary/aromatic N) is 2. The molecule has 156 valence electrons. The summed E-state index contributed by atoms with van der Waals surface area (Å²) in [7, 11) is -3.63. The molecular formula is C22H24N4O3S. The van der Waals surface area contributed by atoms with E-state index in [1.54, 1.807) is 23.0 Å². The molecule has 2 N–H and O–H groups in total. The molecule has 2 aromatic carbocycles. The smallest absolute Gasteiger partial charge is 0.251 e. The second-order valence-electron chi connectivity index (χ2n) is 7.43. The van der Waals surface area contributed by atoms with Gasteiger partial charge >= 0.3 is 0 Å². The summed E-state index contributed by atoms with van der Waals surface area (Å²) in [5, 5.41) is 7.03. The fourth-order valence-electron chi connectivity index (χ4n) is 3.61. The Hall–Kier alpha value is -2.97. The second-order valence-corrected chi connectivity index (χ2v) is 9.14. The van der Waals surface area contributed by atoms with Gasteiger partial charge in [-0.1, -0.05) is 31.0 Å². The van der Waals surface area contributed by atoms with Crippen molar-refractivity contribution in [2.45, 2.75) is 43.2 Å². The van der Waals surface area contributed by atoms with Gasteiger partial charge in [0, 0.05) is 30.5 Å². The van der Waals surface area contributed by atoms with Crippen molar-refractivity contribution in [2.75, 3.05) is 0 Å². The van der Waals surface area contributed by atoms with Crippen LogP contribution in [0.4, 0.5) is 0 Å². The van der Waals surface area contributed by atoms with Crippen LogP contribution >= 0.6 is 0 Å². The first-order valence-corrected chi connectivity index (χ1v) is 11.5. The molecule has 0 spiro atoms. The maximum Gasteiger partial charge on any atom is 0.251 e. The fourth-order valence-corrected chi connectivity index (χ4v) is 4.96. The summed E-state index contributed by atoms with van der Waals surface area (Å²) in [5.74, 6) is -0.316. The van der Waals surface area contributed by atoms with Gasteiger partial charge in [-0.3, -0.25) is 4.79 Å². The van der Waals surface area contributed by atoms with E-state index in [2.05, 4.69) is 15.1 Å². The monoisotopic (exact) mass is 424 g/mol. The third-order valence-electron chi connectivity index (χ3n) is 5.24. The first-order chi connectivity index (χ1) is 14.5. The third-order valence-corrected chi connectivity index (χ3v) is 6.76. The second kappa shape index (κ2) is 8.81. The SMILES string of the molecule is O=C(NCc1ccc(-n2cccn2)cc1)c1cccc(S(=O)(=O)NC2CCCC2)c1. The van der Waals surface area contributed by atoms with Crippen LogP contribution in [0.5, 0.6) is 0 Å². The predicted molar refractivity (Wildman–Crippen MR) is 114 cm³/mol. The third kappa shape index (κ3) is 4.77. The molecule has 1 saturated carbocycles. The van der Waals surface area contributed by atoms with E-state index in [0.717, 1.165) is 36.9 Å². The van der Waals surface area contributed by atoms with Crippen LogP contribution in [0.15, 0.2) is 71.9 Å². The highest BCUT2D eigenvalue weighted by Gasteiger charge is 2.23. The molecule has 1 amide bonds. The van der Waals surface area contributed by atoms with Gasteiger partial charge in [0.15, 0.2) is 0 Å². The van der Waals surface area contributed by atoms with Crippen LogP contribution in [-0.4, -0.2) is 30.1 Å². The van der Waals surface area contributed by atoms with Crippen molar-refractivity contribution in [1.29, 1.82) is 0 Å². The summed E-state index contributed by atoms with van der Waals surface area (Å²) in [4.78, 5) is 12.7. The lowest BCUT2D eigenvalue weighted by Crippen LogP contribution is -2.32. The summed E-state index contributed by atoms with van der Waals surface area (Å²) < 4.78 is 29.7. The largest absolute Gasteiger partial charge is 0.348 e. The number of nitrogens with one attached hydrogen (secondary N) is 2. The minimum atomic E-state index is -3.63. The zero-order valence-corrected chi connectivity index (χ0v) is 17.3. The van der Waals surface area contributed by atoms with Crippen LogP contribution in [-0.2, 0) is 16.6 Å². The molecule has 30 heavy (non-hydrogen) atoms. The van der Waals surface area contributed by atoms with Crippen molar-refractivity contribution in [2.24, 2.45) is 0 Å². The maximum atomic E-state index is 12.6. The molecule has 1 aromatic heterocycles. The van der Waals surface area contributed by atoms with E-state index in [4.69, 9.17) is 0 Å². The van der Waals surface area contributed by atoms with E-state index in [-0.39, 0.29) is 16.8 Å². The topological polar surface area (TPSA) is 93.1 Å². The molecule has 1 aliphatic carbocycles. The zero-order chi connectivity index (χ0) is 21.0. The van der Waals surface area contributed by atoms with Gasteiger partial charge in [0.2, 0.25) is 10.0 Å². The van der Waals surface area contributed by atoms with Crippen LogP contribution < -0.4 is 10.0 Å². The van der Waals surface area contributed by atoms with Crippen molar-refractivity contribution >= 4 is 15.9 Å². The molecule has 7 nitrogen and oxygen atoms in total. The molecule has 0 bridgehead atoms. The highest BCUT2D eigenvalue weighted by Crippen LogP contribution is 2.21. The van der Waals surface area contributed by atoms with Crippen molar-refractivity contribution in [3.05, 3.63) is 78.1 Å². The van der Waals surface area contributed by atoms with Gasteiger partial charge in [-0.15, -0.1) is 0 Å². The molecule has 0 unspecified atom stereocenters. The minimum Gasteiger partial charge on any atom is -0.348 e. The Kier molecular flexibility index (Phi) is 5.96. The van der Waals surface area contributed by atoms with Gasteiger partial charge in [0.05, 0.1) is 10.6 Å². The van der Waals surface area contributed by atoms with Crippen LogP contribution in [0.1, 0.15) is 41.6 Å². The maximum absolute atomic E-state index is 12.6. The number of hydrogen-bond donors (Lipinski definition) is 2. The van der Waals surface area contributed by atoms with E-state index >= 15 is 0 Å². The van der Waals surface area contributed by atoms with Gasteiger partial charge in [0.25, 0.3) is 5.91 Å². The lowest BCUT2D eigenvalue weighted by Gasteiger charge is -2.13. The average molecular weight is 425 g/mol. The molecule has 1 heterocycles. The van der Waals surface area contributed by atoms with Gasteiger partial charge < -0.3 is 5.32 Å². The van der Waals surface area contributed by atoms with Crippen LogP contribution in [0.2, 0.25) is 0 Å². The fraction of sp³-hybridized carbons (Fsp3) is 0.273. The van der Waals surface area contributed by atoms with Crippen LogP contribution in [0.25, 0.3) is 5.69 Å². The van der Waals surface area contributed by atoms with E-state index < -0.39 is 10.0 Å². The highest BCUT2D eigenvalue weighted by atomic mass is 32.2. The molecule has 0 atom stereocenters. The highest BCUT2D eigenvalue weighted by molar-refractivity contribution is 7.89. The number of benzene rings is 2. The van der Waals surface area contributed by atoms with Gasteiger partial charge in [-0.05, 0) is 54.8 Å². The summed E-state index contributed by atoms with van der Waals surface area (Å²) in [6.45, 7) is 0.343. The summed E-state index contributed by atoms with van der Waals surface area (Å²) in [6.07, 6.45) is 7.37. The zero-order valence-electron chi connectivity index (χ0n) is 16.5. The normalized spacial score (nSPS) is 14.7. The molecule has 1 fully saturated rings. The number of aromatic nitrogens is 2. The quantitative estimate of drug-likeness (QED) is 0.610. The molecule has 4 rings (SSSR count). The van der Waals surface area contributed by atoms with Crippen molar-refractivity contribution < 1.29 is 13.2 Å². The number of carbonyl (C=O) groups excluding carboxylic acids is 1. The Bertz CT molecular complexity index is 1100.